The highest BCUT2D eigenvalue weighted by Crippen LogP contribution is 2.28. The predicted octanol–water partition coefficient (Wildman–Crippen LogP) is 0.751. The van der Waals surface area contributed by atoms with Gasteiger partial charge in [-0.2, -0.15) is 4.31 Å². The highest BCUT2D eigenvalue weighted by molar-refractivity contribution is 7.89. The van der Waals surface area contributed by atoms with Gasteiger partial charge in [0, 0.05) is 38.6 Å². The van der Waals surface area contributed by atoms with Crippen molar-refractivity contribution in [1.82, 2.24) is 4.31 Å². The number of nitrogen functional groups attached to an aromatic ring is 1. The van der Waals surface area contributed by atoms with Crippen molar-refractivity contribution < 1.29 is 22.3 Å². The lowest BCUT2D eigenvalue weighted by molar-refractivity contribution is -0.00461. The summed E-state index contributed by atoms with van der Waals surface area (Å²) in [6.07, 6.45) is -0.702. The largest absolute Gasteiger partial charge is 0.399 e. The zero-order chi connectivity index (χ0) is 15.8. The van der Waals surface area contributed by atoms with E-state index < -0.39 is 15.8 Å². The number of hydrogen-bond acceptors (Lipinski definition) is 5. The number of ether oxygens (including phenoxy) is 2. The van der Waals surface area contributed by atoms with Crippen LogP contribution in [-0.4, -0.2) is 52.2 Å². The predicted molar refractivity (Wildman–Crippen MR) is 75.9 cm³/mol. The molecule has 1 saturated heterocycles. The summed E-state index contributed by atoms with van der Waals surface area (Å²) in [5.41, 5.74) is 5.68. The third kappa shape index (κ3) is 2.89. The number of halogens is 1. The number of benzene rings is 1. The van der Waals surface area contributed by atoms with E-state index >= 15 is 0 Å². The first kappa shape index (κ1) is 16.2. The van der Waals surface area contributed by atoms with E-state index in [1.54, 1.807) is 0 Å². The standard InChI is InChI=1S/C13H19FN2O4S/c1-8-10(14)4-9(15)5-13(8)21(17,18)16-6-11(19-2)12(7-16)20-3/h4-5,11-12H,6-7,15H2,1-3H3. The van der Waals surface area contributed by atoms with Crippen LogP contribution >= 0.6 is 0 Å². The summed E-state index contributed by atoms with van der Waals surface area (Å²) < 4.78 is 50.8. The van der Waals surface area contributed by atoms with E-state index in [9.17, 15) is 12.8 Å². The van der Waals surface area contributed by atoms with Gasteiger partial charge in [-0.05, 0) is 19.1 Å². The summed E-state index contributed by atoms with van der Waals surface area (Å²) in [6, 6.07) is 2.38. The first-order chi connectivity index (χ1) is 9.81. The molecule has 118 valence electrons. The number of nitrogens with zero attached hydrogens (tertiary/aromatic N) is 1. The first-order valence-corrected chi connectivity index (χ1v) is 7.86. The second-order valence-electron chi connectivity index (χ2n) is 5.00. The number of methoxy groups -OCH3 is 2. The van der Waals surface area contributed by atoms with Crippen molar-refractivity contribution >= 4 is 15.7 Å². The van der Waals surface area contributed by atoms with Crippen molar-refractivity contribution in [3.05, 3.63) is 23.5 Å². The SMILES string of the molecule is COC1CN(S(=O)(=O)c2cc(N)cc(F)c2C)CC1OC. The number of nitrogens with two attached hydrogens (primary N) is 1. The Balaban J connectivity index is 2.40. The lowest BCUT2D eigenvalue weighted by Gasteiger charge is -2.18. The molecule has 21 heavy (non-hydrogen) atoms. The van der Waals surface area contributed by atoms with Crippen LogP contribution in [0, 0.1) is 12.7 Å². The zero-order valence-electron chi connectivity index (χ0n) is 12.2. The average Bonchev–Trinajstić information content (AvgIpc) is 2.86. The van der Waals surface area contributed by atoms with E-state index in [1.807, 2.05) is 0 Å². The van der Waals surface area contributed by atoms with Gasteiger partial charge in [0.15, 0.2) is 0 Å². The van der Waals surface area contributed by atoms with Crippen LogP contribution in [0.3, 0.4) is 0 Å². The third-order valence-corrected chi connectivity index (χ3v) is 5.68. The van der Waals surface area contributed by atoms with Gasteiger partial charge in [0.2, 0.25) is 10.0 Å². The van der Waals surface area contributed by atoms with Crippen LogP contribution < -0.4 is 5.73 Å². The van der Waals surface area contributed by atoms with Crippen LogP contribution in [0.25, 0.3) is 0 Å². The second-order valence-corrected chi connectivity index (χ2v) is 6.90. The molecular formula is C13H19FN2O4S. The van der Waals surface area contributed by atoms with E-state index in [1.165, 1.54) is 31.5 Å². The molecular weight excluding hydrogens is 299 g/mol. The minimum absolute atomic E-state index is 0.0547. The highest BCUT2D eigenvalue weighted by Gasteiger charge is 2.40. The van der Waals surface area contributed by atoms with Gasteiger partial charge in [-0.25, -0.2) is 12.8 Å². The van der Waals surface area contributed by atoms with E-state index in [2.05, 4.69) is 0 Å². The number of sulfonamides is 1. The Morgan fingerprint density at radius 2 is 1.76 bits per heavy atom. The number of anilines is 1. The first-order valence-electron chi connectivity index (χ1n) is 6.42. The summed E-state index contributed by atoms with van der Waals surface area (Å²) in [7, 11) is -0.851. The molecule has 6 nitrogen and oxygen atoms in total. The Kier molecular flexibility index (Phi) is 4.52. The Bertz CT molecular complexity index is 623. The van der Waals surface area contributed by atoms with Crippen LogP contribution in [-0.2, 0) is 19.5 Å². The zero-order valence-corrected chi connectivity index (χ0v) is 13.0. The maximum atomic E-state index is 13.7. The lowest BCUT2D eigenvalue weighted by Crippen LogP contribution is -2.31. The quantitative estimate of drug-likeness (QED) is 0.829. The maximum absolute atomic E-state index is 13.7. The minimum atomic E-state index is -3.85. The van der Waals surface area contributed by atoms with Gasteiger partial charge in [0.1, 0.15) is 5.82 Å². The molecule has 1 heterocycles. The summed E-state index contributed by atoms with van der Waals surface area (Å²) >= 11 is 0. The fourth-order valence-corrected chi connectivity index (χ4v) is 4.17. The van der Waals surface area contributed by atoms with Crippen molar-refractivity contribution in [2.75, 3.05) is 33.0 Å². The van der Waals surface area contributed by atoms with E-state index in [4.69, 9.17) is 15.2 Å². The van der Waals surface area contributed by atoms with Crippen molar-refractivity contribution in [2.45, 2.75) is 24.0 Å². The molecule has 2 rings (SSSR count). The molecule has 1 fully saturated rings. The van der Waals surface area contributed by atoms with Crippen LogP contribution in [0.4, 0.5) is 10.1 Å². The van der Waals surface area contributed by atoms with Gasteiger partial charge in [-0.3, -0.25) is 0 Å². The lowest BCUT2D eigenvalue weighted by atomic mass is 10.2. The van der Waals surface area contributed by atoms with Crippen molar-refractivity contribution in [3.63, 3.8) is 0 Å². The molecule has 0 radical (unpaired) electrons. The van der Waals surface area contributed by atoms with Crippen LogP contribution in [0.1, 0.15) is 5.56 Å². The highest BCUT2D eigenvalue weighted by atomic mass is 32.2. The molecule has 2 unspecified atom stereocenters. The normalized spacial score (nSPS) is 23.6. The molecule has 0 aromatic heterocycles. The maximum Gasteiger partial charge on any atom is 0.243 e. The minimum Gasteiger partial charge on any atom is -0.399 e. The molecule has 0 amide bonds. The molecule has 0 saturated carbocycles. The summed E-state index contributed by atoms with van der Waals surface area (Å²) in [5, 5.41) is 0. The fourth-order valence-electron chi connectivity index (χ4n) is 2.44. The van der Waals surface area contributed by atoms with Crippen molar-refractivity contribution in [2.24, 2.45) is 0 Å². The van der Waals surface area contributed by atoms with E-state index in [-0.39, 0.29) is 41.4 Å². The van der Waals surface area contributed by atoms with E-state index in [0.29, 0.717) is 0 Å². The Hall–Kier alpha value is -1.22. The van der Waals surface area contributed by atoms with Gasteiger partial charge < -0.3 is 15.2 Å². The van der Waals surface area contributed by atoms with Crippen molar-refractivity contribution in [3.8, 4) is 0 Å². The Labute approximate surface area is 123 Å². The molecule has 1 aliphatic rings. The molecule has 1 aliphatic heterocycles. The van der Waals surface area contributed by atoms with Crippen LogP contribution in [0.5, 0.6) is 0 Å². The average molecular weight is 318 g/mol. The Morgan fingerprint density at radius 3 is 2.24 bits per heavy atom. The molecule has 2 atom stereocenters. The third-order valence-electron chi connectivity index (χ3n) is 3.72. The van der Waals surface area contributed by atoms with Gasteiger partial charge in [0.25, 0.3) is 0 Å². The summed E-state index contributed by atoms with van der Waals surface area (Å²) in [5.74, 6) is -0.639. The number of hydrogen-bond donors (Lipinski definition) is 1. The number of rotatable bonds is 4. The smallest absolute Gasteiger partial charge is 0.243 e. The summed E-state index contributed by atoms with van der Waals surface area (Å²) in [4.78, 5) is -0.119. The van der Waals surface area contributed by atoms with Gasteiger partial charge in [-0.15, -0.1) is 0 Å². The molecule has 8 heteroatoms. The molecule has 0 spiro atoms. The van der Waals surface area contributed by atoms with Gasteiger partial charge in [-0.1, -0.05) is 0 Å². The van der Waals surface area contributed by atoms with Crippen molar-refractivity contribution in [1.29, 1.82) is 0 Å². The van der Waals surface area contributed by atoms with Crippen LogP contribution in [0.2, 0.25) is 0 Å². The van der Waals surface area contributed by atoms with Gasteiger partial charge >= 0.3 is 0 Å². The summed E-state index contributed by atoms with van der Waals surface area (Å²) in [6.45, 7) is 1.74. The molecule has 2 N–H and O–H groups in total. The molecule has 0 aliphatic carbocycles. The molecule has 1 aromatic carbocycles. The monoisotopic (exact) mass is 318 g/mol. The van der Waals surface area contributed by atoms with Crippen LogP contribution in [0.15, 0.2) is 17.0 Å². The van der Waals surface area contributed by atoms with Gasteiger partial charge in [0.05, 0.1) is 17.1 Å². The topological polar surface area (TPSA) is 81.9 Å². The molecule has 1 aromatic rings. The Morgan fingerprint density at radius 1 is 1.24 bits per heavy atom. The fraction of sp³-hybridized carbons (Fsp3) is 0.538. The second kappa shape index (κ2) is 5.88. The molecule has 0 bridgehead atoms. The van der Waals surface area contributed by atoms with E-state index in [0.717, 1.165) is 6.07 Å².